The summed E-state index contributed by atoms with van der Waals surface area (Å²) in [5, 5.41) is 3.81. The molecule has 0 spiro atoms. The fourth-order valence-corrected chi connectivity index (χ4v) is 4.03. The topological polar surface area (TPSA) is 15.3 Å². The van der Waals surface area contributed by atoms with Gasteiger partial charge in [-0.3, -0.25) is 0 Å². The van der Waals surface area contributed by atoms with E-state index in [1.807, 2.05) is 0 Å². The van der Waals surface area contributed by atoms with Crippen LogP contribution in [0.3, 0.4) is 0 Å². The van der Waals surface area contributed by atoms with Gasteiger partial charge in [-0.2, -0.15) is 0 Å². The maximum absolute atomic E-state index is 3.81. The zero-order valence-electron chi connectivity index (χ0n) is 13.5. The van der Waals surface area contributed by atoms with Crippen molar-refractivity contribution < 1.29 is 0 Å². The molecule has 0 bridgehead atoms. The van der Waals surface area contributed by atoms with E-state index in [2.05, 4.69) is 37.9 Å². The Morgan fingerprint density at radius 3 is 2.37 bits per heavy atom. The largest absolute Gasteiger partial charge is 0.314 e. The maximum atomic E-state index is 3.81. The van der Waals surface area contributed by atoms with E-state index < -0.39 is 0 Å². The van der Waals surface area contributed by atoms with Crippen molar-refractivity contribution in [3.8, 4) is 0 Å². The van der Waals surface area contributed by atoms with Crippen molar-refractivity contribution in [2.24, 2.45) is 23.7 Å². The number of nitrogens with zero attached hydrogens (tertiary/aromatic N) is 1. The average Bonchev–Trinajstić information content (AvgIpc) is 2.67. The van der Waals surface area contributed by atoms with Gasteiger partial charge in [0, 0.05) is 25.7 Å². The van der Waals surface area contributed by atoms with E-state index in [-0.39, 0.29) is 0 Å². The van der Waals surface area contributed by atoms with Crippen molar-refractivity contribution in [3.05, 3.63) is 0 Å². The Labute approximate surface area is 120 Å². The van der Waals surface area contributed by atoms with Gasteiger partial charge in [0.15, 0.2) is 0 Å². The van der Waals surface area contributed by atoms with E-state index >= 15 is 0 Å². The first-order valence-electron chi connectivity index (χ1n) is 8.55. The summed E-state index contributed by atoms with van der Waals surface area (Å²) in [4.78, 5) is 2.73. The van der Waals surface area contributed by atoms with Gasteiger partial charge in [0.05, 0.1) is 0 Å². The molecule has 1 N–H and O–H groups in total. The lowest BCUT2D eigenvalue weighted by Crippen LogP contribution is -2.45. The summed E-state index contributed by atoms with van der Waals surface area (Å²) >= 11 is 0. The zero-order valence-corrected chi connectivity index (χ0v) is 13.5. The second-order valence-electron chi connectivity index (χ2n) is 7.41. The second-order valence-corrected chi connectivity index (χ2v) is 7.41. The minimum absolute atomic E-state index is 0.780. The van der Waals surface area contributed by atoms with Crippen LogP contribution >= 0.6 is 0 Å². The molecule has 0 aromatic heterocycles. The van der Waals surface area contributed by atoms with Gasteiger partial charge >= 0.3 is 0 Å². The van der Waals surface area contributed by atoms with Crippen molar-refractivity contribution in [1.82, 2.24) is 10.2 Å². The van der Waals surface area contributed by atoms with Crippen molar-refractivity contribution >= 4 is 0 Å². The van der Waals surface area contributed by atoms with Crippen LogP contribution in [-0.4, -0.2) is 37.1 Å². The molecule has 0 aromatic carbocycles. The van der Waals surface area contributed by atoms with Gasteiger partial charge in [0.2, 0.25) is 0 Å². The number of likely N-dealkylation sites (tertiary alicyclic amines) is 1. The summed E-state index contributed by atoms with van der Waals surface area (Å²) in [7, 11) is 0. The number of nitrogens with one attached hydrogen (secondary N) is 1. The van der Waals surface area contributed by atoms with Gasteiger partial charge in [0.1, 0.15) is 0 Å². The molecule has 5 unspecified atom stereocenters. The van der Waals surface area contributed by atoms with E-state index in [4.69, 9.17) is 0 Å². The van der Waals surface area contributed by atoms with Gasteiger partial charge < -0.3 is 10.2 Å². The Kier molecular flexibility index (Phi) is 5.70. The van der Waals surface area contributed by atoms with Crippen LogP contribution in [0.4, 0.5) is 0 Å². The van der Waals surface area contributed by atoms with Gasteiger partial charge in [-0.1, -0.05) is 27.7 Å². The lowest BCUT2D eigenvalue weighted by atomic mass is 9.78. The third-order valence-electron chi connectivity index (χ3n) is 5.46. The molecule has 2 nitrogen and oxygen atoms in total. The van der Waals surface area contributed by atoms with E-state index in [9.17, 15) is 0 Å². The lowest BCUT2D eigenvalue weighted by Gasteiger charge is -2.37. The van der Waals surface area contributed by atoms with Gasteiger partial charge in [-0.25, -0.2) is 0 Å². The first-order chi connectivity index (χ1) is 9.10. The molecule has 1 saturated heterocycles. The van der Waals surface area contributed by atoms with Crippen molar-refractivity contribution in [2.75, 3.05) is 26.2 Å². The second kappa shape index (κ2) is 7.08. The van der Waals surface area contributed by atoms with Crippen LogP contribution in [0.5, 0.6) is 0 Å². The van der Waals surface area contributed by atoms with Crippen molar-refractivity contribution in [3.63, 3.8) is 0 Å². The average molecular weight is 266 g/mol. The highest BCUT2D eigenvalue weighted by atomic mass is 15.2. The summed E-state index contributed by atoms with van der Waals surface area (Å²) in [5.74, 6) is 3.60. The van der Waals surface area contributed by atoms with E-state index in [1.165, 1.54) is 51.9 Å². The molecular weight excluding hydrogens is 232 g/mol. The Morgan fingerprint density at radius 1 is 1.05 bits per heavy atom. The SMILES string of the molecule is CCCNC1CCC(C)CC1CN1CC(C)C(C)C1. The number of rotatable bonds is 5. The van der Waals surface area contributed by atoms with Crippen LogP contribution in [0.2, 0.25) is 0 Å². The molecule has 0 amide bonds. The highest BCUT2D eigenvalue weighted by Crippen LogP contribution is 2.32. The van der Waals surface area contributed by atoms with Crippen LogP contribution in [-0.2, 0) is 0 Å². The van der Waals surface area contributed by atoms with Gasteiger partial charge in [0.25, 0.3) is 0 Å². The summed E-state index contributed by atoms with van der Waals surface area (Å²) in [5.41, 5.74) is 0. The molecule has 2 heteroatoms. The van der Waals surface area contributed by atoms with E-state index in [0.29, 0.717) is 0 Å². The summed E-state index contributed by atoms with van der Waals surface area (Å²) in [6.45, 7) is 14.7. The van der Waals surface area contributed by atoms with Gasteiger partial charge in [-0.05, 0) is 55.9 Å². The normalized spacial score (nSPS) is 40.7. The first kappa shape index (κ1) is 15.3. The molecule has 2 rings (SSSR count). The van der Waals surface area contributed by atoms with Crippen LogP contribution in [0.1, 0.15) is 53.4 Å². The predicted molar refractivity (Wildman–Crippen MR) is 83.4 cm³/mol. The minimum Gasteiger partial charge on any atom is -0.314 e. The summed E-state index contributed by atoms with van der Waals surface area (Å²) < 4.78 is 0. The maximum Gasteiger partial charge on any atom is 0.0108 e. The van der Waals surface area contributed by atoms with Crippen LogP contribution < -0.4 is 5.32 Å². The van der Waals surface area contributed by atoms with Crippen molar-refractivity contribution in [1.29, 1.82) is 0 Å². The monoisotopic (exact) mass is 266 g/mol. The molecule has 1 heterocycles. The Hall–Kier alpha value is -0.0800. The van der Waals surface area contributed by atoms with Gasteiger partial charge in [-0.15, -0.1) is 0 Å². The molecule has 1 aliphatic heterocycles. The molecule has 1 saturated carbocycles. The van der Waals surface area contributed by atoms with E-state index in [0.717, 1.165) is 29.7 Å². The molecule has 5 atom stereocenters. The smallest absolute Gasteiger partial charge is 0.0108 e. The molecule has 2 fully saturated rings. The zero-order chi connectivity index (χ0) is 13.8. The quantitative estimate of drug-likeness (QED) is 0.820. The highest BCUT2D eigenvalue weighted by Gasteiger charge is 2.33. The Morgan fingerprint density at radius 2 is 1.74 bits per heavy atom. The van der Waals surface area contributed by atoms with Crippen molar-refractivity contribution in [2.45, 2.75) is 59.4 Å². The number of hydrogen-bond donors (Lipinski definition) is 1. The summed E-state index contributed by atoms with van der Waals surface area (Å²) in [6.07, 6.45) is 5.51. The molecule has 112 valence electrons. The fourth-order valence-electron chi connectivity index (χ4n) is 4.03. The third kappa shape index (κ3) is 4.19. The Bertz CT molecular complexity index is 254. The van der Waals surface area contributed by atoms with Crippen LogP contribution in [0, 0.1) is 23.7 Å². The molecule has 2 aliphatic rings. The minimum atomic E-state index is 0.780. The molecular formula is C17H34N2. The molecule has 0 radical (unpaired) electrons. The predicted octanol–water partition coefficient (Wildman–Crippen LogP) is 3.38. The molecule has 19 heavy (non-hydrogen) atoms. The Balaban J connectivity index is 1.86. The third-order valence-corrected chi connectivity index (χ3v) is 5.46. The molecule has 1 aliphatic carbocycles. The first-order valence-corrected chi connectivity index (χ1v) is 8.55. The highest BCUT2D eigenvalue weighted by molar-refractivity contribution is 4.88. The number of hydrogen-bond acceptors (Lipinski definition) is 2. The van der Waals surface area contributed by atoms with Crippen LogP contribution in [0.25, 0.3) is 0 Å². The standard InChI is InChI=1S/C17H34N2/c1-5-8-18-17-7-6-13(2)9-16(17)12-19-10-14(3)15(4)11-19/h13-18H,5-12H2,1-4H3. The lowest BCUT2D eigenvalue weighted by molar-refractivity contribution is 0.157. The van der Waals surface area contributed by atoms with E-state index in [1.54, 1.807) is 0 Å². The fraction of sp³-hybridized carbons (Fsp3) is 1.00. The van der Waals surface area contributed by atoms with Crippen LogP contribution in [0.15, 0.2) is 0 Å². The summed E-state index contributed by atoms with van der Waals surface area (Å²) in [6, 6.07) is 0.780. The molecule has 0 aromatic rings.